The zero-order chi connectivity index (χ0) is 29.8. The van der Waals surface area contributed by atoms with Crippen LogP contribution in [0.3, 0.4) is 0 Å². The molecule has 0 N–H and O–H groups in total. The Bertz CT molecular complexity index is 1860. The lowest BCUT2D eigenvalue weighted by Gasteiger charge is -2.25. The Morgan fingerprint density at radius 2 is 1.76 bits per heavy atom. The molecule has 216 valence electrons. The third kappa shape index (κ3) is 5.70. The average molecular weight is 605 g/mol. The fourth-order valence-corrected chi connectivity index (χ4v) is 6.00. The summed E-state index contributed by atoms with van der Waals surface area (Å²) in [6.07, 6.45) is 1.78. The van der Waals surface area contributed by atoms with Gasteiger partial charge in [0.05, 0.1) is 42.7 Å². The summed E-state index contributed by atoms with van der Waals surface area (Å²) < 4.78 is 24.4. The average Bonchev–Trinajstić information content (AvgIpc) is 3.30. The van der Waals surface area contributed by atoms with Crippen molar-refractivity contribution in [2.75, 3.05) is 20.8 Å². The molecule has 0 radical (unpaired) electrons. The highest BCUT2D eigenvalue weighted by Gasteiger charge is 2.34. The van der Waals surface area contributed by atoms with E-state index in [1.165, 1.54) is 23.0 Å². The number of esters is 1. The molecule has 1 aromatic heterocycles. The first kappa shape index (κ1) is 29.2. The maximum absolute atomic E-state index is 14.0. The van der Waals surface area contributed by atoms with Crippen molar-refractivity contribution >= 4 is 35.0 Å². The summed E-state index contributed by atoms with van der Waals surface area (Å²) >= 11 is 7.55. The van der Waals surface area contributed by atoms with Crippen LogP contribution < -0.4 is 29.1 Å². The lowest BCUT2D eigenvalue weighted by atomic mass is 9.95. The van der Waals surface area contributed by atoms with Crippen LogP contribution in [0.1, 0.15) is 36.6 Å². The van der Waals surface area contributed by atoms with Gasteiger partial charge in [-0.3, -0.25) is 9.36 Å². The Kier molecular flexibility index (Phi) is 8.80. The largest absolute Gasteiger partial charge is 0.493 e. The van der Waals surface area contributed by atoms with Crippen LogP contribution in [-0.4, -0.2) is 31.4 Å². The molecule has 1 atom stereocenters. The van der Waals surface area contributed by atoms with Crippen molar-refractivity contribution in [1.29, 1.82) is 0 Å². The highest BCUT2D eigenvalue weighted by atomic mass is 35.5. The molecule has 0 saturated heterocycles. The highest BCUT2D eigenvalue weighted by molar-refractivity contribution is 7.07. The second kappa shape index (κ2) is 12.7. The van der Waals surface area contributed by atoms with E-state index < -0.39 is 12.0 Å². The number of para-hydroxylation sites is 1. The van der Waals surface area contributed by atoms with Gasteiger partial charge in [0.1, 0.15) is 12.4 Å². The van der Waals surface area contributed by atoms with Crippen molar-refractivity contribution < 1.29 is 23.7 Å². The van der Waals surface area contributed by atoms with Crippen LogP contribution in [0.2, 0.25) is 5.02 Å². The Morgan fingerprint density at radius 1 is 1.02 bits per heavy atom. The molecule has 5 rings (SSSR count). The topological polar surface area (TPSA) is 88.4 Å². The van der Waals surface area contributed by atoms with E-state index in [2.05, 4.69) is 4.99 Å². The summed E-state index contributed by atoms with van der Waals surface area (Å²) in [6, 6.07) is 19.5. The van der Waals surface area contributed by atoms with Crippen LogP contribution >= 0.6 is 22.9 Å². The van der Waals surface area contributed by atoms with Crippen molar-refractivity contribution in [1.82, 2.24) is 4.57 Å². The zero-order valence-electron chi connectivity index (χ0n) is 23.5. The summed E-state index contributed by atoms with van der Waals surface area (Å²) in [5.41, 5.74) is 2.69. The van der Waals surface area contributed by atoms with Gasteiger partial charge in [-0.15, -0.1) is 0 Å². The SMILES string of the molecule is CCOC(=O)C1=C(C)N=c2s/c(=C\c3ccccc3OCc3ccccc3Cl)c(=O)n2[C@H]1c1ccc(OC)c(OC)c1. The number of thiazole rings is 1. The smallest absolute Gasteiger partial charge is 0.338 e. The van der Waals surface area contributed by atoms with Gasteiger partial charge in [-0.25, -0.2) is 9.79 Å². The zero-order valence-corrected chi connectivity index (χ0v) is 25.1. The molecule has 2 heterocycles. The number of benzene rings is 3. The Morgan fingerprint density at radius 3 is 2.50 bits per heavy atom. The van der Waals surface area contributed by atoms with E-state index in [-0.39, 0.29) is 24.3 Å². The Hall–Kier alpha value is -4.34. The fourth-order valence-electron chi connectivity index (χ4n) is 4.77. The summed E-state index contributed by atoms with van der Waals surface area (Å²) in [5, 5.41) is 0.617. The number of aromatic nitrogens is 1. The maximum Gasteiger partial charge on any atom is 0.338 e. The molecular formula is C32H29ClN2O6S. The maximum atomic E-state index is 14.0. The van der Waals surface area contributed by atoms with Crippen molar-refractivity contribution in [3.8, 4) is 17.2 Å². The minimum absolute atomic E-state index is 0.184. The van der Waals surface area contributed by atoms with Crippen LogP contribution in [0.25, 0.3) is 6.08 Å². The molecule has 0 saturated carbocycles. The van der Waals surface area contributed by atoms with Crippen LogP contribution in [-0.2, 0) is 16.1 Å². The van der Waals surface area contributed by atoms with Crippen LogP contribution in [0, 0.1) is 0 Å². The van der Waals surface area contributed by atoms with Gasteiger partial charge in [-0.1, -0.05) is 65.4 Å². The van der Waals surface area contributed by atoms with E-state index in [1.807, 2.05) is 48.5 Å². The molecule has 0 amide bonds. The van der Waals surface area contributed by atoms with Crippen LogP contribution in [0.15, 0.2) is 87.8 Å². The van der Waals surface area contributed by atoms with Crippen LogP contribution in [0.4, 0.5) is 0 Å². The van der Waals surface area contributed by atoms with Gasteiger partial charge in [0.25, 0.3) is 5.56 Å². The number of halogens is 1. The molecular weight excluding hydrogens is 576 g/mol. The molecule has 1 aliphatic heterocycles. The molecule has 0 bridgehead atoms. The summed E-state index contributed by atoms with van der Waals surface area (Å²) in [4.78, 5) is 32.4. The molecule has 8 nitrogen and oxygen atoms in total. The monoisotopic (exact) mass is 604 g/mol. The van der Waals surface area contributed by atoms with E-state index >= 15 is 0 Å². The minimum Gasteiger partial charge on any atom is -0.493 e. The fraction of sp³-hybridized carbons (Fsp3) is 0.219. The number of allylic oxidation sites excluding steroid dienone is 1. The molecule has 4 aromatic rings. The second-order valence-corrected chi connectivity index (χ2v) is 10.8. The standard InChI is InChI=1S/C32H29ClN2O6S/c1-5-40-31(37)28-19(2)34-32-35(29(28)21-14-15-25(38-3)26(16-21)39-4)30(36)27(42-32)17-20-10-7-9-13-24(20)41-18-22-11-6-8-12-23(22)33/h6-17,29H,5,18H2,1-4H3/b27-17-/t29-/m0/s1. The lowest BCUT2D eigenvalue weighted by molar-refractivity contribution is -0.139. The van der Waals surface area contributed by atoms with Crippen molar-refractivity contribution in [3.63, 3.8) is 0 Å². The number of hydrogen-bond acceptors (Lipinski definition) is 8. The molecule has 3 aromatic carbocycles. The van der Waals surface area contributed by atoms with Crippen molar-refractivity contribution in [2.24, 2.45) is 4.99 Å². The summed E-state index contributed by atoms with van der Waals surface area (Å²) in [5.74, 6) is 1.06. The third-order valence-electron chi connectivity index (χ3n) is 6.79. The molecule has 1 aliphatic rings. The van der Waals surface area contributed by atoms with Crippen molar-refractivity contribution in [3.05, 3.63) is 119 Å². The summed E-state index contributed by atoms with van der Waals surface area (Å²) in [7, 11) is 3.08. The van der Waals surface area contributed by atoms with E-state index in [9.17, 15) is 9.59 Å². The molecule has 42 heavy (non-hydrogen) atoms. The first-order valence-corrected chi connectivity index (χ1v) is 14.4. The van der Waals surface area contributed by atoms with E-state index in [4.69, 9.17) is 30.5 Å². The summed E-state index contributed by atoms with van der Waals surface area (Å²) in [6.45, 7) is 3.94. The van der Waals surface area contributed by atoms with Gasteiger partial charge < -0.3 is 18.9 Å². The highest BCUT2D eigenvalue weighted by Crippen LogP contribution is 2.36. The van der Waals surface area contributed by atoms with E-state index in [0.29, 0.717) is 42.9 Å². The number of ether oxygens (including phenoxy) is 4. The van der Waals surface area contributed by atoms with Gasteiger partial charge in [-0.2, -0.15) is 0 Å². The number of carbonyl (C=O) groups is 1. The lowest BCUT2D eigenvalue weighted by Crippen LogP contribution is -2.40. The number of nitrogens with zero attached hydrogens (tertiary/aromatic N) is 2. The molecule has 0 aliphatic carbocycles. The van der Waals surface area contributed by atoms with E-state index in [1.54, 1.807) is 45.2 Å². The van der Waals surface area contributed by atoms with Crippen molar-refractivity contribution in [2.45, 2.75) is 26.5 Å². The number of fused-ring (bicyclic) bond motifs is 1. The predicted octanol–water partition coefficient (Wildman–Crippen LogP) is 5.05. The third-order valence-corrected chi connectivity index (χ3v) is 8.14. The predicted molar refractivity (Wildman–Crippen MR) is 162 cm³/mol. The van der Waals surface area contributed by atoms with Gasteiger partial charge >= 0.3 is 5.97 Å². The number of carbonyl (C=O) groups excluding carboxylic acids is 1. The minimum atomic E-state index is -0.783. The van der Waals surface area contributed by atoms with Crippen LogP contribution in [0.5, 0.6) is 17.2 Å². The Labute approximate surface area is 251 Å². The molecule has 10 heteroatoms. The quantitative estimate of drug-likeness (QED) is 0.249. The number of methoxy groups -OCH3 is 2. The molecule has 0 spiro atoms. The van der Waals surface area contributed by atoms with Gasteiger partial charge in [0.2, 0.25) is 0 Å². The second-order valence-electron chi connectivity index (χ2n) is 9.33. The Balaban J connectivity index is 1.63. The molecule has 0 fully saturated rings. The van der Waals surface area contributed by atoms with Gasteiger partial charge in [0.15, 0.2) is 16.3 Å². The number of hydrogen-bond donors (Lipinski definition) is 0. The van der Waals surface area contributed by atoms with Gasteiger partial charge in [-0.05, 0) is 49.8 Å². The van der Waals surface area contributed by atoms with Gasteiger partial charge in [0, 0.05) is 16.1 Å². The number of rotatable bonds is 9. The first-order valence-electron chi connectivity index (χ1n) is 13.2. The normalized spacial score (nSPS) is 14.7. The first-order chi connectivity index (χ1) is 20.4. The molecule has 0 unspecified atom stereocenters. The van der Waals surface area contributed by atoms with E-state index in [0.717, 1.165) is 11.1 Å².